The van der Waals surface area contributed by atoms with Crippen LogP contribution in [0.15, 0.2) is 29.6 Å². The molecule has 4 nitrogen and oxygen atoms in total. The van der Waals surface area contributed by atoms with Gasteiger partial charge in [0.15, 0.2) is 0 Å². The Kier molecular flexibility index (Phi) is 3.29. The zero-order chi connectivity index (χ0) is 16.1. The van der Waals surface area contributed by atoms with Gasteiger partial charge in [0.1, 0.15) is 4.88 Å². The number of hydrogen-bond acceptors (Lipinski definition) is 7. The molecule has 0 spiro atoms. The maximum Gasteiger partial charge on any atom is 0.348 e. The highest BCUT2D eigenvalue weighted by molar-refractivity contribution is 7.24. The Hall–Kier alpha value is -2.09. The molecule has 0 atom stereocenters. The molecule has 7 heteroatoms. The predicted octanol–water partition coefficient (Wildman–Crippen LogP) is 4.10. The zero-order valence-corrected chi connectivity index (χ0v) is 14.2. The van der Waals surface area contributed by atoms with Gasteiger partial charge in [-0.1, -0.05) is 0 Å². The van der Waals surface area contributed by atoms with Crippen LogP contribution in [0.5, 0.6) is 0 Å². The monoisotopic (exact) mass is 360 g/mol. The van der Waals surface area contributed by atoms with Crippen LogP contribution in [0.4, 0.5) is 0 Å². The predicted molar refractivity (Wildman–Crippen MR) is 90.2 cm³/mol. The summed E-state index contributed by atoms with van der Waals surface area (Å²) in [6.07, 6.45) is 0. The summed E-state index contributed by atoms with van der Waals surface area (Å²) in [6, 6.07) is 6.93. The first-order valence-electron chi connectivity index (χ1n) is 6.59. The second-order valence-electron chi connectivity index (χ2n) is 4.83. The highest BCUT2D eigenvalue weighted by Crippen LogP contribution is 2.41. The molecule has 1 aliphatic carbocycles. The van der Waals surface area contributed by atoms with E-state index in [1.54, 1.807) is 29.6 Å². The van der Waals surface area contributed by atoms with E-state index in [0.29, 0.717) is 25.8 Å². The van der Waals surface area contributed by atoms with Crippen LogP contribution < -0.4 is 0 Å². The van der Waals surface area contributed by atoms with Crippen LogP contribution in [0.25, 0.3) is 9.75 Å². The van der Waals surface area contributed by atoms with E-state index in [1.165, 1.54) is 41.1 Å². The van der Waals surface area contributed by atoms with Gasteiger partial charge in [0, 0.05) is 20.9 Å². The maximum absolute atomic E-state index is 12.5. The zero-order valence-electron chi connectivity index (χ0n) is 11.7. The van der Waals surface area contributed by atoms with Gasteiger partial charge in [0.05, 0.1) is 16.9 Å². The highest BCUT2D eigenvalue weighted by atomic mass is 32.1. The molecule has 0 unspecified atom stereocenters. The number of hydrogen-bond donors (Lipinski definition) is 0. The van der Waals surface area contributed by atoms with Crippen molar-refractivity contribution < 1.29 is 19.1 Å². The van der Waals surface area contributed by atoms with Crippen LogP contribution in [0.3, 0.4) is 0 Å². The van der Waals surface area contributed by atoms with E-state index in [4.69, 9.17) is 4.74 Å². The van der Waals surface area contributed by atoms with E-state index in [0.717, 1.165) is 9.75 Å². The van der Waals surface area contributed by atoms with Crippen molar-refractivity contribution in [2.45, 2.75) is 0 Å². The molecule has 3 aromatic heterocycles. The second-order valence-corrected chi connectivity index (χ2v) is 7.88. The Labute approximate surface area is 143 Å². The molecule has 0 fully saturated rings. The SMILES string of the molecule is COC(=O)c1ccc(-c2cc3c(s2)C(=O)c2ccsc2C3=O)s1. The van der Waals surface area contributed by atoms with E-state index < -0.39 is 5.97 Å². The number of methoxy groups -OCH3 is 1. The fourth-order valence-corrected chi connectivity index (χ4v) is 5.40. The molecule has 0 aromatic carbocycles. The molecule has 0 bridgehead atoms. The minimum atomic E-state index is -0.392. The first-order valence-corrected chi connectivity index (χ1v) is 9.10. The molecule has 114 valence electrons. The number of carbonyl (C=O) groups excluding carboxylic acids is 3. The summed E-state index contributed by atoms with van der Waals surface area (Å²) in [4.78, 5) is 39.7. The lowest BCUT2D eigenvalue weighted by Crippen LogP contribution is -2.15. The normalized spacial score (nSPS) is 12.9. The number of carbonyl (C=O) groups is 3. The number of fused-ring (bicyclic) bond motifs is 2. The third-order valence-corrected chi connectivity index (χ3v) is 6.84. The summed E-state index contributed by atoms with van der Waals surface area (Å²) < 4.78 is 4.70. The van der Waals surface area contributed by atoms with Crippen LogP contribution in [-0.2, 0) is 4.74 Å². The topological polar surface area (TPSA) is 60.4 Å². The third-order valence-electron chi connectivity index (χ3n) is 3.53. The molecule has 0 N–H and O–H groups in total. The average Bonchev–Trinajstić information content (AvgIpc) is 3.29. The van der Waals surface area contributed by atoms with E-state index >= 15 is 0 Å². The van der Waals surface area contributed by atoms with Crippen molar-refractivity contribution in [3.8, 4) is 9.75 Å². The van der Waals surface area contributed by atoms with Crippen molar-refractivity contribution in [2.24, 2.45) is 0 Å². The Morgan fingerprint density at radius 1 is 0.957 bits per heavy atom. The molecule has 4 rings (SSSR count). The minimum Gasteiger partial charge on any atom is -0.465 e. The van der Waals surface area contributed by atoms with Gasteiger partial charge >= 0.3 is 5.97 Å². The highest BCUT2D eigenvalue weighted by Gasteiger charge is 2.33. The lowest BCUT2D eigenvalue weighted by molar-refractivity contribution is 0.0606. The third kappa shape index (κ3) is 2.12. The van der Waals surface area contributed by atoms with E-state index in [-0.39, 0.29) is 11.6 Å². The largest absolute Gasteiger partial charge is 0.465 e. The molecule has 23 heavy (non-hydrogen) atoms. The molecule has 0 radical (unpaired) electrons. The summed E-state index contributed by atoms with van der Waals surface area (Å²) in [7, 11) is 1.33. The average molecular weight is 360 g/mol. The summed E-state index contributed by atoms with van der Waals surface area (Å²) in [5, 5.41) is 1.76. The quantitative estimate of drug-likeness (QED) is 0.505. The number of thiophene rings is 3. The maximum atomic E-state index is 12.5. The van der Waals surface area contributed by atoms with Crippen LogP contribution in [0, 0.1) is 0 Å². The smallest absolute Gasteiger partial charge is 0.348 e. The van der Waals surface area contributed by atoms with Gasteiger partial charge in [0.2, 0.25) is 11.6 Å². The van der Waals surface area contributed by atoms with Gasteiger partial charge in [-0.2, -0.15) is 0 Å². The molecule has 0 saturated heterocycles. The number of rotatable bonds is 2. The number of ketones is 2. The Balaban J connectivity index is 1.79. The Morgan fingerprint density at radius 2 is 1.74 bits per heavy atom. The van der Waals surface area contributed by atoms with Crippen LogP contribution in [0.1, 0.15) is 40.1 Å². The fourth-order valence-electron chi connectivity index (χ4n) is 2.44. The van der Waals surface area contributed by atoms with Crippen molar-refractivity contribution in [3.05, 3.63) is 55.4 Å². The summed E-state index contributed by atoms with van der Waals surface area (Å²) in [5.74, 6) is -0.592. The van der Waals surface area contributed by atoms with Gasteiger partial charge in [0.25, 0.3) is 0 Å². The molecule has 3 heterocycles. The lowest BCUT2D eigenvalue weighted by atomic mass is 9.96. The van der Waals surface area contributed by atoms with Gasteiger partial charge in [-0.3, -0.25) is 9.59 Å². The molecule has 3 aromatic rings. The lowest BCUT2D eigenvalue weighted by Gasteiger charge is -2.08. The van der Waals surface area contributed by atoms with Gasteiger partial charge in [-0.15, -0.1) is 34.0 Å². The van der Waals surface area contributed by atoms with Crippen molar-refractivity contribution in [3.63, 3.8) is 0 Å². The van der Waals surface area contributed by atoms with Gasteiger partial charge < -0.3 is 4.74 Å². The molecule has 0 aliphatic heterocycles. The molecular weight excluding hydrogens is 352 g/mol. The van der Waals surface area contributed by atoms with Crippen molar-refractivity contribution >= 4 is 51.5 Å². The van der Waals surface area contributed by atoms with Crippen molar-refractivity contribution in [2.75, 3.05) is 7.11 Å². The first-order chi connectivity index (χ1) is 11.1. The Bertz CT molecular complexity index is 925. The molecule has 1 aliphatic rings. The number of esters is 1. The molecule has 0 saturated carbocycles. The van der Waals surface area contributed by atoms with E-state index in [9.17, 15) is 14.4 Å². The Morgan fingerprint density at radius 3 is 2.52 bits per heavy atom. The summed E-state index contributed by atoms with van der Waals surface area (Å²) >= 11 is 3.87. The summed E-state index contributed by atoms with van der Waals surface area (Å²) in [6.45, 7) is 0. The van der Waals surface area contributed by atoms with E-state index in [2.05, 4.69) is 0 Å². The molecular formula is C16H8O4S3. The first kappa shape index (κ1) is 14.5. The van der Waals surface area contributed by atoms with Crippen LogP contribution in [0.2, 0.25) is 0 Å². The van der Waals surface area contributed by atoms with Gasteiger partial charge in [-0.05, 0) is 29.6 Å². The fraction of sp³-hybridized carbons (Fsp3) is 0.0625. The standard InChI is InChI=1S/C16H8O4S3/c1-20-16(19)10-3-2-9(22-10)11-6-8-13(18)14-7(4-5-21-14)12(17)15(8)23-11/h2-6H,1H3. The van der Waals surface area contributed by atoms with Crippen molar-refractivity contribution in [1.29, 1.82) is 0 Å². The summed E-state index contributed by atoms with van der Waals surface area (Å²) in [5.41, 5.74) is 0.945. The number of ether oxygens (including phenoxy) is 1. The van der Waals surface area contributed by atoms with Crippen LogP contribution in [-0.4, -0.2) is 24.6 Å². The van der Waals surface area contributed by atoms with E-state index in [1.807, 2.05) is 0 Å². The second kappa shape index (κ2) is 5.23. The minimum absolute atomic E-state index is 0.100. The van der Waals surface area contributed by atoms with Gasteiger partial charge in [-0.25, -0.2) is 4.79 Å². The molecule has 0 amide bonds. The van der Waals surface area contributed by atoms with Crippen molar-refractivity contribution in [1.82, 2.24) is 0 Å². The van der Waals surface area contributed by atoms with Crippen LogP contribution >= 0.6 is 34.0 Å².